The minimum absolute atomic E-state index is 0.00685. The summed E-state index contributed by atoms with van der Waals surface area (Å²) in [5.41, 5.74) is 0.376. The molecule has 248 valence electrons. The first-order chi connectivity index (χ1) is 20.0. The number of alkyl halides is 3. The smallest absolute Gasteiger partial charge is 0.390 e. The van der Waals surface area contributed by atoms with Gasteiger partial charge in [-0.2, -0.15) is 13.2 Å². The molecule has 2 N–H and O–H groups in total. The average molecular weight is 614 g/mol. The molecule has 1 heterocycles. The molecule has 8 heteroatoms. The number of hydrogen-bond acceptors (Lipinski definition) is 5. The standard InChI is InChI=1S/C35H58F3NO4/c1-30(2,41)12-7-6-8-24-26(40)20-25-23-9-10-27-31(3,4)28(11-13-34(27)22-33(23,34)15-14-32(24,25)5)43-29-21-39(18-19-42-29)17-16-35(36,37)38/h23-29,40-41H,6-22H2,1-5H3. The quantitative estimate of drug-likeness (QED) is 0.267. The molecule has 10 atom stereocenters. The van der Waals surface area contributed by atoms with E-state index in [0.29, 0.717) is 54.2 Å². The molecule has 5 nitrogen and oxygen atoms in total. The Labute approximate surface area is 257 Å². The number of nitrogens with zero attached hydrogens (tertiary/aromatic N) is 1. The van der Waals surface area contributed by atoms with E-state index in [9.17, 15) is 23.4 Å². The fraction of sp³-hybridized carbons (Fsp3) is 1.00. The van der Waals surface area contributed by atoms with Gasteiger partial charge >= 0.3 is 6.18 Å². The summed E-state index contributed by atoms with van der Waals surface area (Å²) in [6.07, 6.45) is 7.87. The van der Waals surface area contributed by atoms with Crippen LogP contribution in [0.4, 0.5) is 13.2 Å². The van der Waals surface area contributed by atoms with Gasteiger partial charge in [0.2, 0.25) is 0 Å². The molecule has 10 unspecified atom stereocenters. The van der Waals surface area contributed by atoms with Gasteiger partial charge in [-0.1, -0.05) is 33.6 Å². The van der Waals surface area contributed by atoms with Gasteiger partial charge in [-0.25, -0.2) is 0 Å². The Morgan fingerprint density at radius 2 is 1.72 bits per heavy atom. The lowest BCUT2D eigenvalue weighted by Crippen LogP contribution is -2.56. The summed E-state index contributed by atoms with van der Waals surface area (Å²) in [6.45, 7) is 12.4. The van der Waals surface area contributed by atoms with Crippen molar-refractivity contribution in [3.8, 4) is 0 Å². The van der Waals surface area contributed by atoms with Crippen LogP contribution in [0, 0.1) is 45.3 Å². The molecule has 0 bridgehead atoms. The van der Waals surface area contributed by atoms with Gasteiger partial charge in [-0.05, 0) is 123 Å². The van der Waals surface area contributed by atoms with E-state index >= 15 is 0 Å². The van der Waals surface area contributed by atoms with Crippen LogP contribution in [0.25, 0.3) is 0 Å². The lowest BCUT2D eigenvalue weighted by atomic mass is 9.46. The van der Waals surface area contributed by atoms with Crippen LogP contribution in [0.15, 0.2) is 0 Å². The first kappa shape index (κ1) is 32.5. The van der Waals surface area contributed by atoms with Gasteiger partial charge in [0, 0.05) is 19.6 Å². The van der Waals surface area contributed by atoms with Gasteiger partial charge < -0.3 is 19.7 Å². The summed E-state index contributed by atoms with van der Waals surface area (Å²) < 4.78 is 51.0. The first-order valence-corrected chi connectivity index (χ1v) is 17.5. The highest BCUT2D eigenvalue weighted by molar-refractivity contribution is 5.29. The number of aliphatic hydroxyl groups excluding tert-OH is 1. The molecule has 0 aromatic heterocycles. The Morgan fingerprint density at radius 1 is 0.953 bits per heavy atom. The van der Waals surface area contributed by atoms with E-state index < -0.39 is 24.5 Å². The number of hydrogen-bond donors (Lipinski definition) is 2. The van der Waals surface area contributed by atoms with Gasteiger partial charge in [0.1, 0.15) is 0 Å². The minimum Gasteiger partial charge on any atom is -0.393 e. The van der Waals surface area contributed by atoms with E-state index in [0.717, 1.165) is 38.5 Å². The molecule has 6 aliphatic rings. The van der Waals surface area contributed by atoms with Crippen molar-refractivity contribution in [1.82, 2.24) is 4.90 Å². The summed E-state index contributed by atoms with van der Waals surface area (Å²) in [7, 11) is 0. The Balaban J connectivity index is 1.10. The molecule has 1 aliphatic heterocycles. The largest absolute Gasteiger partial charge is 0.393 e. The average Bonchev–Trinajstić information content (AvgIpc) is 3.50. The Hall–Kier alpha value is -0.410. The molecule has 0 amide bonds. The number of fused-ring (bicyclic) bond motifs is 2. The topological polar surface area (TPSA) is 62.2 Å². The fourth-order valence-corrected chi connectivity index (χ4v) is 12.1. The number of morpholine rings is 1. The molecule has 0 radical (unpaired) electrons. The van der Waals surface area contributed by atoms with Crippen LogP contribution in [0.5, 0.6) is 0 Å². The zero-order valence-electron chi connectivity index (χ0n) is 27.4. The first-order valence-electron chi connectivity index (χ1n) is 17.5. The van der Waals surface area contributed by atoms with Crippen molar-refractivity contribution in [3.05, 3.63) is 0 Å². The summed E-state index contributed by atoms with van der Waals surface area (Å²) in [4.78, 5) is 1.84. The minimum atomic E-state index is -4.14. The molecule has 1 saturated heterocycles. The monoisotopic (exact) mass is 613 g/mol. The van der Waals surface area contributed by atoms with Gasteiger partial charge in [-0.15, -0.1) is 0 Å². The maximum absolute atomic E-state index is 12.8. The van der Waals surface area contributed by atoms with Crippen molar-refractivity contribution in [2.24, 2.45) is 45.3 Å². The third kappa shape index (κ3) is 5.74. The molecule has 5 saturated carbocycles. The third-order valence-electron chi connectivity index (χ3n) is 14.2. The van der Waals surface area contributed by atoms with Crippen LogP contribution in [0.3, 0.4) is 0 Å². The summed E-state index contributed by atoms with van der Waals surface area (Å²) in [5.74, 6) is 2.27. The van der Waals surface area contributed by atoms with Crippen molar-refractivity contribution in [3.63, 3.8) is 0 Å². The zero-order valence-corrected chi connectivity index (χ0v) is 27.4. The van der Waals surface area contributed by atoms with Gasteiger partial charge in [-0.3, -0.25) is 4.90 Å². The highest BCUT2D eigenvalue weighted by Gasteiger charge is 2.80. The molecule has 6 fully saturated rings. The fourth-order valence-electron chi connectivity index (χ4n) is 12.1. The van der Waals surface area contributed by atoms with Crippen LogP contribution in [-0.4, -0.2) is 71.6 Å². The molecule has 2 spiro atoms. The van der Waals surface area contributed by atoms with E-state index in [1.54, 1.807) is 0 Å². The van der Waals surface area contributed by atoms with Crippen molar-refractivity contribution < 1.29 is 32.9 Å². The SMILES string of the molecule is CC(C)(O)CCCCC1C(O)CC2C3CCC4C(C)(C)C(OC5CN(CCC(F)(F)F)CCO5)CCC45CC35CCC12C. The van der Waals surface area contributed by atoms with Gasteiger partial charge in [0.05, 0.1) is 30.8 Å². The summed E-state index contributed by atoms with van der Waals surface area (Å²) >= 11 is 0. The second kappa shape index (κ2) is 11.1. The Kier molecular flexibility index (Phi) is 8.39. The zero-order chi connectivity index (χ0) is 31.1. The predicted molar refractivity (Wildman–Crippen MR) is 160 cm³/mol. The van der Waals surface area contributed by atoms with Crippen LogP contribution in [0.2, 0.25) is 0 Å². The number of halogens is 3. The number of unbranched alkanes of at least 4 members (excludes halogenated alkanes) is 1. The number of aliphatic hydroxyl groups is 2. The highest BCUT2D eigenvalue weighted by Crippen LogP contribution is 2.87. The van der Waals surface area contributed by atoms with Gasteiger partial charge in [0.25, 0.3) is 0 Å². The summed E-state index contributed by atoms with van der Waals surface area (Å²) in [5, 5.41) is 21.5. The second-order valence-corrected chi connectivity index (χ2v) is 17.3. The maximum atomic E-state index is 12.8. The van der Waals surface area contributed by atoms with Gasteiger partial charge in [0.15, 0.2) is 6.29 Å². The van der Waals surface area contributed by atoms with E-state index in [2.05, 4.69) is 20.8 Å². The normalized spacial score (nSPS) is 46.0. The Morgan fingerprint density at radius 3 is 2.44 bits per heavy atom. The molecule has 5 aliphatic carbocycles. The predicted octanol–water partition coefficient (Wildman–Crippen LogP) is 7.33. The third-order valence-corrected chi connectivity index (χ3v) is 14.2. The summed E-state index contributed by atoms with van der Waals surface area (Å²) in [6, 6.07) is 0. The molecular weight excluding hydrogens is 555 g/mol. The van der Waals surface area contributed by atoms with Crippen LogP contribution >= 0.6 is 0 Å². The Bertz CT molecular complexity index is 1010. The molecule has 6 rings (SSSR count). The maximum Gasteiger partial charge on any atom is 0.390 e. The molecule has 43 heavy (non-hydrogen) atoms. The van der Waals surface area contributed by atoms with Crippen molar-refractivity contribution >= 4 is 0 Å². The van der Waals surface area contributed by atoms with Crippen molar-refractivity contribution in [1.29, 1.82) is 0 Å². The van der Waals surface area contributed by atoms with Crippen LogP contribution in [0.1, 0.15) is 118 Å². The van der Waals surface area contributed by atoms with Crippen LogP contribution in [-0.2, 0) is 9.47 Å². The van der Waals surface area contributed by atoms with Crippen molar-refractivity contribution in [2.45, 2.75) is 148 Å². The van der Waals surface area contributed by atoms with Crippen LogP contribution < -0.4 is 0 Å². The lowest BCUT2D eigenvalue weighted by Gasteiger charge is -2.60. The number of ether oxygens (including phenoxy) is 2. The van der Waals surface area contributed by atoms with E-state index in [1.807, 2.05) is 18.7 Å². The van der Waals surface area contributed by atoms with E-state index in [-0.39, 0.29) is 29.6 Å². The lowest BCUT2D eigenvalue weighted by molar-refractivity contribution is -0.246. The van der Waals surface area contributed by atoms with E-state index in [1.165, 1.54) is 38.5 Å². The van der Waals surface area contributed by atoms with E-state index in [4.69, 9.17) is 9.47 Å². The van der Waals surface area contributed by atoms with Crippen molar-refractivity contribution in [2.75, 3.05) is 26.2 Å². The molecule has 0 aromatic carbocycles. The molecule has 0 aromatic rings. The highest BCUT2D eigenvalue weighted by atomic mass is 19.4. The number of rotatable bonds is 9. The molecular formula is C35H58F3NO4. The second-order valence-electron chi connectivity index (χ2n) is 17.3.